The number of hydrogen-bond donors (Lipinski definition) is 1. The minimum absolute atomic E-state index is 0.250. The van der Waals surface area contributed by atoms with Gasteiger partial charge in [0.2, 0.25) is 5.76 Å². The first-order valence-corrected chi connectivity index (χ1v) is 9.49. The van der Waals surface area contributed by atoms with E-state index >= 15 is 0 Å². The molecule has 0 unspecified atom stereocenters. The highest BCUT2D eigenvalue weighted by molar-refractivity contribution is 5.87. The Kier molecular flexibility index (Phi) is 7.20. The zero-order valence-corrected chi connectivity index (χ0v) is 17.2. The quantitative estimate of drug-likeness (QED) is 0.462. The van der Waals surface area contributed by atoms with E-state index in [1.165, 1.54) is 0 Å². The van der Waals surface area contributed by atoms with Crippen molar-refractivity contribution in [2.24, 2.45) is 0 Å². The average Bonchev–Trinajstić information content (AvgIpc) is 3.40. The van der Waals surface area contributed by atoms with Gasteiger partial charge in [-0.2, -0.15) is 9.59 Å². The van der Waals surface area contributed by atoms with Gasteiger partial charge >= 0.3 is 12.2 Å². The van der Waals surface area contributed by atoms with Crippen molar-refractivity contribution in [2.45, 2.75) is 20.0 Å². The molecule has 2 aromatic heterocycles. The fraction of sp³-hybridized carbons (Fsp3) is 0.125. The van der Waals surface area contributed by atoms with Crippen molar-refractivity contribution in [3.63, 3.8) is 0 Å². The van der Waals surface area contributed by atoms with Crippen LogP contribution in [0.2, 0.25) is 0 Å². The minimum Gasteiger partial charge on any atom is -0.464 e. The lowest BCUT2D eigenvalue weighted by Gasteiger charge is -2.13. The SMILES string of the molecule is Cc1noc(C#Cc2ccc3ccoc3c2)c1NC(=O)O[C@H](C)c1ccccc1.O=C=O. The van der Waals surface area contributed by atoms with Crippen LogP contribution in [0.1, 0.15) is 35.6 Å². The molecular weight excluding hydrogens is 412 g/mol. The summed E-state index contributed by atoms with van der Waals surface area (Å²) >= 11 is 0. The van der Waals surface area contributed by atoms with Gasteiger partial charge in [0, 0.05) is 10.9 Å². The Hall–Kier alpha value is -4.60. The number of fused-ring (bicyclic) bond motifs is 1. The fourth-order valence-corrected chi connectivity index (χ4v) is 2.85. The molecule has 4 aromatic rings. The van der Waals surface area contributed by atoms with Crippen LogP contribution in [0.5, 0.6) is 0 Å². The highest BCUT2D eigenvalue weighted by Gasteiger charge is 2.17. The van der Waals surface area contributed by atoms with Gasteiger partial charge in [0.25, 0.3) is 0 Å². The summed E-state index contributed by atoms with van der Waals surface area (Å²) in [7, 11) is 0. The van der Waals surface area contributed by atoms with E-state index in [-0.39, 0.29) is 11.9 Å². The van der Waals surface area contributed by atoms with Crippen LogP contribution in [0.15, 0.2) is 69.8 Å². The van der Waals surface area contributed by atoms with Crippen molar-refractivity contribution < 1.29 is 28.1 Å². The van der Waals surface area contributed by atoms with E-state index in [0.717, 1.165) is 22.1 Å². The number of ether oxygens (including phenoxy) is 1. The molecule has 32 heavy (non-hydrogen) atoms. The molecule has 8 nitrogen and oxygen atoms in total. The number of hydrogen-bond acceptors (Lipinski definition) is 7. The van der Waals surface area contributed by atoms with Crippen LogP contribution >= 0.6 is 0 Å². The molecule has 8 heteroatoms. The average molecular weight is 430 g/mol. The fourth-order valence-electron chi connectivity index (χ4n) is 2.85. The minimum atomic E-state index is -0.604. The van der Waals surface area contributed by atoms with Gasteiger partial charge < -0.3 is 13.7 Å². The monoisotopic (exact) mass is 430 g/mol. The molecule has 4 rings (SSSR count). The van der Waals surface area contributed by atoms with Crippen molar-refractivity contribution >= 4 is 28.9 Å². The lowest BCUT2D eigenvalue weighted by Crippen LogP contribution is -2.16. The van der Waals surface area contributed by atoms with E-state index < -0.39 is 12.2 Å². The molecular formula is C24H18N2O6. The summed E-state index contributed by atoms with van der Waals surface area (Å²) < 4.78 is 16.1. The smallest absolute Gasteiger partial charge is 0.412 e. The molecule has 1 N–H and O–H groups in total. The zero-order valence-electron chi connectivity index (χ0n) is 17.2. The number of benzene rings is 2. The van der Waals surface area contributed by atoms with Crippen molar-refractivity contribution in [1.29, 1.82) is 0 Å². The molecule has 0 saturated heterocycles. The highest BCUT2D eigenvalue weighted by Crippen LogP contribution is 2.22. The number of aryl methyl sites for hydroxylation is 1. The van der Waals surface area contributed by atoms with Crippen LogP contribution < -0.4 is 5.32 Å². The maximum Gasteiger partial charge on any atom is 0.412 e. The van der Waals surface area contributed by atoms with Crippen molar-refractivity contribution in [1.82, 2.24) is 5.16 Å². The Morgan fingerprint density at radius 1 is 1.09 bits per heavy atom. The van der Waals surface area contributed by atoms with Gasteiger partial charge in [-0.25, -0.2) is 4.79 Å². The molecule has 160 valence electrons. The second kappa shape index (κ2) is 10.4. The normalized spacial score (nSPS) is 10.7. The number of carbonyl (C=O) groups is 1. The largest absolute Gasteiger partial charge is 0.464 e. The number of rotatable bonds is 3. The Bertz CT molecular complexity index is 1300. The van der Waals surface area contributed by atoms with Gasteiger partial charge in [0.15, 0.2) is 0 Å². The van der Waals surface area contributed by atoms with Gasteiger partial charge in [-0.1, -0.05) is 41.4 Å². The molecule has 2 heterocycles. The number of anilines is 1. The predicted molar refractivity (Wildman–Crippen MR) is 113 cm³/mol. The molecule has 0 fully saturated rings. The molecule has 0 bridgehead atoms. The van der Waals surface area contributed by atoms with Crippen LogP contribution in [-0.4, -0.2) is 17.4 Å². The molecule has 0 spiro atoms. The first-order chi connectivity index (χ1) is 15.5. The number of nitrogens with one attached hydrogen (secondary N) is 1. The molecule has 0 aliphatic carbocycles. The summed E-state index contributed by atoms with van der Waals surface area (Å²) in [4.78, 5) is 28.6. The molecule has 1 amide bonds. The van der Waals surface area contributed by atoms with Crippen LogP contribution in [0, 0.1) is 18.8 Å². The molecule has 0 aliphatic heterocycles. The topological polar surface area (TPSA) is 112 Å². The Labute approximate surface area is 183 Å². The Morgan fingerprint density at radius 3 is 2.59 bits per heavy atom. The Balaban J connectivity index is 0.000000913. The number of amides is 1. The van der Waals surface area contributed by atoms with E-state index in [9.17, 15) is 4.79 Å². The highest BCUT2D eigenvalue weighted by atomic mass is 16.6. The first-order valence-electron chi connectivity index (χ1n) is 9.49. The number of furan rings is 1. The third-order valence-electron chi connectivity index (χ3n) is 4.42. The van der Waals surface area contributed by atoms with E-state index in [1.807, 2.05) is 54.6 Å². The van der Waals surface area contributed by atoms with Gasteiger partial charge in [-0.15, -0.1) is 0 Å². The summed E-state index contributed by atoms with van der Waals surface area (Å²) in [5.74, 6) is 6.16. The van der Waals surface area contributed by atoms with E-state index in [4.69, 9.17) is 23.3 Å². The number of aromatic nitrogens is 1. The van der Waals surface area contributed by atoms with Crippen molar-refractivity contribution in [3.05, 3.63) is 83.4 Å². The summed E-state index contributed by atoms with van der Waals surface area (Å²) in [6.07, 6.45) is 0.879. The third kappa shape index (κ3) is 5.51. The van der Waals surface area contributed by atoms with Gasteiger partial charge in [-0.3, -0.25) is 5.32 Å². The van der Waals surface area contributed by atoms with Crippen LogP contribution in [0.4, 0.5) is 10.5 Å². The maximum absolute atomic E-state index is 12.3. The van der Waals surface area contributed by atoms with E-state index in [1.54, 1.807) is 20.1 Å². The molecule has 2 aromatic carbocycles. The second-order valence-corrected chi connectivity index (χ2v) is 6.56. The summed E-state index contributed by atoms with van der Waals surface area (Å²) in [6.45, 7) is 3.53. The molecule has 0 aliphatic rings. The van der Waals surface area contributed by atoms with E-state index in [2.05, 4.69) is 22.3 Å². The standard InChI is InChI=1S/C23H18N2O4.CO2/c1-15-22(24-23(26)28-16(2)18-6-4-3-5-7-18)20(29-25-15)11-9-17-8-10-19-12-13-27-21(19)14-17;2-1-3/h3-8,10,12-14,16H,1-2H3,(H,24,26);/t16-;/m1./s1. The van der Waals surface area contributed by atoms with Gasteiger partial charge in [-0.05, 0) is 49.6 Å². The van der Waals surface area contributed by atoms with Crippen molar-refractivity contribution in [3.8, 4) is 11.8 Å². The summed E-state index contributed by atoms with van der Waals surface area (Å²) in [6, 6.07) is 17.0. The van der Waals surface area contributed by atoms with Crippen LogP contribution in [-0.2, 0) is 14.3 Å². The van der Waals surface area contributed by atoms with Gasteiger partial charge in [0.1, 0.15) is 23.1 Å². The number of carbonyl (C=O) groups excluding carboxylic acids is 3. The molecule has 1 atom stereocenters. The first kappa shape index (κ1) is 22.1. The number of nitrogens with zero attached hydrogens (tertiary/aromatic N) is 1. The summed E-state index contributed by atoms with van der Waals surface area (Å²) in [5.41, 5.74) is 3.31. The second-order valence-electron chi connectivity index (χ2n) is 6.56. The van der Waals surface area contributed by atoms with E-state index in [0.29, 0.717) is 11.4 Å². The van der Waals surface area contributed by atoms with Crippen LogP contribution in [0.3, 0.4) is 0 Å². The van der Waals surface area contributed by atoms with Crippen LogP contribution in [0.25, 0.3) is 11.0 Å². The lowest BCUT2D eigenvalue weighted by atomic mass is 10.1. The summed E-state index contributed by atoms with van der Waals surface area (Å²) in [5, 5.41) is 7.58. The Morgan fingerprint density at radius 2 is 1.84 bits per heavy atom. The molecule has 0 saturated carbocycles. The maximum atomic E-state index is 12.3. The third-order valence-corrected chi connectivity index (χ3v) is 4.42. The predicted octanol–water partition coefficient (Wildman–Crippen LogP) is 4.86. The van der Waals surface area contributed by atoms with Crippen molar-refractivity contribution in [2.75, 3.05) is 5.32 Å². The van der Waals surface area contributed by atoms with Gasteiger partial charge in [0.05, 0.1) is 6.26 Å². The lowest BCUT2D eigenvalue weighted by molar-refractivity contribution is -0.191. The zero-order chi connectivity index (χ0) is 22.9. The molecule has 0 radical (unpaired) electrons.